The minimum atomic E-state index is -0.0816. The van der Waals surface area contributed by atoms with Crippen molar-refractivity contribution in [3.8, 4) is 12.0 Å². The Kier molecular flexibility index (Phi) is 6.65. The van der Waals surface area contributed by atoms with E-state index in [0.717, 1.165) is 26.2 Å². The summed E-state index contributed by atoms with van der Waals surface area (Å²) < 4.78 is 0. The number of carbonyl (C=O) groups is 1. The summed E-state index contributed by atoms with van der Waals surface area (Å²) in [4.78, 5) is 15.1. The summed E-state index contributed by atoms with van der Waals surface area (Å²) in [5, 5.41) is 0. The first-order valence-corrected chi connectivity index (χ1v) is 5.24. The van der Waals surface area contributed by atoms with E-state index in [4.69, 9.17) is 0 Å². The van der Waals surface area contributed by atoms with E-state index in [0.29, 0.717) is 0 Å². The van der Waals surface area contributed by atoms with E-state index in [1.54, 1.807) is 4.90 Å². The molecular weight excluding hydrogens is 176 g/mol. The van der Waals surface area contributed by atoms with Crippen molar-refractivity contribution in [3.05, 3.63) is 0 Å². The Morgan fingerprint density at radius 1 is 1.00 bits per heavy atom. The molecule has 0 aromatic heterocycles. The topological polar surface area (TPSA) is 23.6 Å². The molecule has 0 heterocycles. The molecule has 0 fully saturated rings. The highest BCUT2D eigenvalue weighted by atomic mass is 16.2. The molecule has 80 valence electrons. The van der Waals surface area contributed by atoms with Crippen molar-refractivity contribution in [2.24, 2.45) is 0 Å². The van der Waals surface area contributed by atoms with Gasteiger partial charge in [-0.3, -0.25) is 4.79 Å². The molecule has 0 saturated carbocycles. The zero-order chi connectivity index (χ0) is 11.0. The molecule has 0 saturated heterocycles. The molecule has 0 aliphatic carbocycles. The predicted molar refractivity (Wildman–Crippen MR) is 58.6 cm³/mol. The van der Waals surface area contributed by atoms with E-state index in [-0.39, 0.29) is 5.91 Å². The molecular formula is C11H20N2O. The monoisotopic (exact) mass is 196 g/mol. The molecule has 0 atom stereocenters. The predicted octanol–water partition coefficient (Wildman–Crippen LogP) is 1.16. The third-order valence-electron chi connectivity index (χ3n) is 2.14. The van der Waals surface area contributed by atoms with Gasteiger partial charge in [-0.2, -0.15) is 0 Å². The summed E-state index contributed by atoms with van der Waals surface area (Å²) in [6, 6.07) is 2.86. The molecule has 0 spiro atoms. The first kappa shape index (κ1) is 12.8. The van der Waals surface area contributed by atoms with Gasteiger partial charge in [0.15, 0.2) is 0 Å². The maximum atomic E-state index is 11.5. The largest absolute Gasteiger partial charge is 0.333 e. The average Bonchev–Trinajstić information content (AvgIpc) is 2.21. The van der Waals surface area contributed by atoms with Gasteiger partial charge in [-0.1, -0.05) is 0 Å². The molecule has 0 unspecified atom stereocenters. The number of hydrogen-bond donors (Lipinski definition) is 0. The molecule has 0 radical (unpaired) electrons. The van der Waals surface area contributed by atoms with Crippen LogP contribution in [-0.2, 0) is 4.79 Å². The molecule has 1 amide bonds. The quantitative estimate of drug-likeness (QED) is 0.497. The molecule has 0 bridgehead atoms. The van der Waals surface area contributed by atoms with E-state index in [9.17, 15) is 4.79 Å². The molecule has 0 N–H and O–H groups in total. The van der Waals surface area contributed by atoms with Gasteiger partial charge in [0.25, 0.3) is 5.91 Å². The van der Waals surface area contributed by atoms with Crippen molar-refractivity contribution in [1.82, 2.24) is 9.80 Å². The fraction of sp³-hybridized carbons (Fsp3) is 0.727. The molecule has 0 aromatic carbocycles. The summed E-state index contributed by atoms with van der Waals surface area (Å²) in [6.45, 7) is 11.1. The Hall–Kier alpha value is -1.17. The van der Waals surface area contributed by atoms with Gasteiger partial charge in [-0.15, -0.1) is 0 Å². The lowest BCUT2D eigenvalue weighted by molar-refractivity contribution is -0.124. The summed E-state index contributed by atoms with van der Waals surface area (Å²) >= 11 is 0. The van der Waals surface area contributed by atoms with Gasteiger partial charge in [0.2, 0.25) is 0 Å². The van der Waals surface area contributed by atoms with Crippen molar-refractivity contribution in [2.45, 2.75) is 27.7 Å². The van der Waals surface area contributed by atoms with E-state index >= 15 is 0 Å². The molecule has 3 nitrogen and oxygen atoms in total. The first-order chi connectivity index (χ1) is 6.69. The third-order valence-corrected chi connectivity index (χ3v) is 2.14. The van der Waals surface area contributed by atoms with E-state index in [1.165, 1.54) is 0 Å². The fourth-order valence-corrected chi connectivity index (χ4v) is 1.10. The number of nitrogens with zero attached hydrogens (tertiary/aromatic N) is 2. The summed E-state index contributed by atoms with van der Waals surface area (Å²) in [5.74, 6) is 2.57. The van der Waals surface area contributed by atoms with Crippen LogP contribution in [0.2, 0.25) is 0 Å². The second kappa shape index (κ2) is 7.25. The van der Waals surface area contributed by atoms with Gasteiger partial charge in [-0.05, 0) is 27.7 Å². The smallest absolute Gasteiger partial charge is 0.300 e. The Morgan fingerprint density at radius 3 is 1.86 bits per heavy atom. The zero-order valence-electron chi connectivity index (χ0n) is 9.63. The standard InChI is InChI=1S/C11H20N2O/c1-5-12(6-2)10-9-11(14)13(7-3)8-4/h5-8H2,1-4H3. The Morgan fingerprint density at radius 2 is 1.50 bits per heavy atom. The lowest BCUT2D eigenvalue weighted by atomic mass is 10.4. The summed E-state index contributed by atoms with van der Waals surface area (Å²) in [7, 11) is 0. The molecule has 0 aliphatic heterocycles. The number of hydrogen-bond acceptors (Lipinski definition) is 2. The number of rotatable bonds is 4. The van der Waals surface area contributed by atoms with Gasteiger partial charge in [0.1, 0.15) is 0 Å². The van der Waals surface area contributed by atoms with Crippen molar-refractivity contribution < 1.29 is 4.79 Å². The van der Waals surface area contributed by atoms with Gasteiger partial charge in [-0.25, -0.2) is 0 Å². The maximum Gasteiger partial charge on any atom is 0.300 e. The van der Waals surface area contributed by atoms with Crippen LogP contribution in [-0.4, -0.2) is 41.9 Å². The van der Waals surface area contributed by atoms with Crippen LogP contribution in [0.5, 0.6) is 0 Å². The molecule has 0 aliphatic rings. The second-order valence-electron chi connectivity index (χ2n) is 2.89. The summed E-state index contributed by atoms with van der Waals surface area (Å²) in [5.41, 5.74) is 0. The fourth-order valence-electron chi connectivity index (χ4n) is 1.10. The molecule has 3 heteroatoms. The number of amides is 1. The highest BCUT2D eigenvalue weighted by molar-refractivity contribution is 5.93. The van der Waals surface area contributed by atoms with Crippen LogP contribution in [0, 0.1) is 12.0 Å². The highest BCUT2D eigenvalue weighted by Gasteiger charge is 2.04. The summed E-state index contributed by atoms with van der Waals surface area (Å²) in [6.07, 6.45) is 0. The molecule has 0 rings (SSSR count). The minimum Gasteiger partial charge on any atom is -0.333 e. The zero-order valence-corrected chi connectivity index (χ0v) is 9.63. The highest BCUT2D eigenvalue weighted by Crippen LogP contribution is 1.88. The Bertz CT molecular complexity index is 219. The van der Waals surface area contributed by atoms with E-state index in [2.05, 4.69) is 12.0 Å². The Labute approximate surface area is 87.1 Å². The van der Waals surface area contributed by atoms with Crippen LogP contribution >= 0.6 is 0 Å². The normalized spacial score (nSPS) is 8.86. The first-order valence-electron chi connectivity index (χ1n) is 5.24. The van der Waals surface area contributed by atoms with Crippen LogP contribution in [0.25, 0.3) is 0 Å². The van der Waals surface area contributed by atoms with E-state index in [1.807, 2.05) is 32.6 Å². The number of carbonyl (C=O) groups excluding carboxylic acids is 1. The van der Waals surface area contributed by atoms with Crippen LogP contribution in [0.15, 0.2) is 0 Å². The van der Waals surface area contributed by atoms with Crippen LogP contribution in [0.1, 0.15) is 27.7 Å². The maximum absolute atomic E-state index is 11.5. The SMILES string of the molecule is CCN(C#CC(=O)N(CC)CC)CC. The van der Waals surface area contributed by atoms with E-state index < -0.39 is 0 Å². The second-order valence-corrected chi connectivity index (χ2v) is 2.89. The van der Waals surface area contributed by atoms with Gasteiger partial charge in [0.05, 0.1) is 0 Å². The lowest BCUT2D eigenvalue weighted by Crippen LogP contribution is -2.29. The van der Waals surface area contributed by atoms with Gasteiger partial charge < -0.3 is 9.80 Å². The van der Waals surface area contributed by atoms with Crippen LogP contribution in [0.4, 0.5) is 0 Å². The van der Waals surface area contributed by atoms with Crippen molar-refractivity contribution in [3.63, 3.8) is 0 Å². The van der Waals surface area contributed by atoms with Crippen molar-refractivity contribution in [1.29, 1.82) is 0 Å². The van der Waals surface area contributed by atoms with Crippen LogP contribution < -0.4 is 0 Å². The molecule has 14 heavy (non-hydrogen) atoms. The van der Waals surface area contributed by atoms with Crippen molar-refractivity contribution >= 4 is 5.91 Å². The van der Waals surface area contributed by atoms with Crippen LogP contribution in [0.3, 0.4) is 0 Å². The minimum absolute atomic E-state index is 0.0816. The lowest BCUT2D eigenvalue weighted by Gasteiger charge is -2.15. The molecule has 0 aromatic rings. The van der Waals surface area contributed by atoms with Gasteiger partial charge in [0, 0.05) is 38.1 Å². The van der Waals surface area contributed by atoms with Gasteiger partial charge >= 0.3 is 0 Å². The third kappa shape index (κ3) is 4.18. The average molecular weight is 196 g/mol. The Balaban J connectivity index is 4.26. The van der Waals surface area contributed by atoms with Crippen molar-refractivity contribution in [2.75, 3.05) is 26.2 Å².